The maximum absolute atomic E-state index is 10.2. The minimum absolute atomic E-state index is 0.0651. The van der Waals surface area contributed by atoms with Crippen LogP contribution in [0.3, 0.4) is 0 Å². The maximum Gasteiger partial charge on any atom is 0.236 e. The van der Waals surface area contributed by atoms with Gasteiger partial charge in [-0.2, -0.15) is 5.26 Å². The summed E-state index contributed by atoms with van der Waals surface area (Å²) in [5, 5.41) is 10.6. The molecule has 41 heavy (non-hydrogen) atoms. The first-order chi connectivity index (χ1) is 19.7. The van der Waals surface area contributed by atoms with Gasteiger partial charge < -0.3 is 24.4 Å². The van der Waals surface area contributed by atoms with Crippen LogP contribution in [0.4, 0.5) is 11.5 Å². The molecule has 1 aliphatic heterocycles. The second kappa shape index (κ2) is 11.6. The Labute approximate surface area is 243 Å². The average Bonchev–Trinajstić information content (AvgIpc) is 3.51. The predicted octanol–water partition coefficient (Wildman–Crippen LogP) is 6.85. The second-order valence-corrected chi connectivity index (χ2v) is 11.0. The van der Waals surface area contributed by atoms with E-state index in [1.165, 1.54) is 11.8 Å². The minimum atomic E-state index is -0.617. The van der Waals surface area contributed by atoms with Crippen molar-refractivity contribution in [3.63, 3.8) is 0 Å². The van der Waals surface area contributed by atoms with Crippen molar-refractivity contribution in [3.05, 3.63) is 82.5 Å². The fraction of sp³-hybridized carbons (Fsp3) is 0.290. The van der Waals surface area contributed by atoms with Crippen molar-refractivity contribution in [2.75, 3.05) is 18.9 Å². The third kappa shape index (κ3) is 6.06. The number of oxazole rings is 1. The number of thioether (sulfide) groups is 1. The third-order valence-electron chi connectivity index (χ3n) is 6.65. The third-order valence-corrected chi connectivity index (χ3v) is 7.64. The number of nitrogens with zero attached hydrogens (tertiary/aromatic N) is 4. The summed E-state index contributed by atoms with van der Waals surface area (Å²) in [7, 11) is 0. The molecule has 0 spiro atoms. The van der Waals surface area contributed by atoms with Gasteiger partial charge in [-0.05, 0) is 57.0 Å². The SMILES string of the molecule is [C-]#[N+]c1c(N)nc(SCc2nc(-c3ccccc3C)oc2C)c(C#N)c1-c1ccc(OC[C@H]2COC(C)(C)O2)cc1. The first-order valence-electron chi connectivity index (χ1n) is 13.0. The molecular formula is C31H29N5O4S. The molecule has 0 aliphatic carbocycles. The maximum atomic E-state index is 10.2. The molecule has 0 bridgehead atoms. The quantitative estimate of drug-likeness (QED) is 0.180. The van der Waals surface area contributed by atoms with Gasteiger partial charge in [0.15, 0.2) is 5.79 Å². The number of aryl methyl sites for hydroxylation is 2. The fourth-order valence-electron chi connectivity index (χ4n) is 4.55. The number of anilines is 1. The lowest BCUT2D eigenvalue weighted by molar-refractivity contribution is -0.141. The fourth-order valence-corrected chi connectivity index (χ4v) is 5.55. The van der Waals surface area contributed by atoms with E-state index in [2.05, 4.69) is 15.9 Å². The van der Waals surface area contributed by atoms with E-state index in [1.807, 2.05) is 52.0 Å². The predicted molar refractivity (Wildman–Crippen MR) is 156 cm³/mol. The van der Waals surface area contributed by atoms with Crippen molar-refractivity contribution in [1.29, 1.82) is 5.26 Å². The summed E-state index contributed by atoms with van der Waals surface area (Å²) in [6.45, 7) is 16.1. The molecule has 0 unspecified atom stereocenters. The van der Waals surface area contributed by atoms with Gasteiger partial charge in [0.25, 0.3) is 0 Å². The summed E-state index contributed by atoms with van der Waals surface area (Å²) < 4.78 is 23.2. The lowest BCUT2D eigenvalue weighted by Gasteiger charge is -2.17. The van der Waals surface area contributed by atoms with Crippen molar-refractivity contribution in [2.24, 2.45) is 0 Å². The molecular weight excluding hydrogens is 538 g/mol. The van der Waals surface area contributed by atoms with Gasteiger partial charge in [-0.25, -0.2) is 14.8 Å². The second-order valence-electron chi connectivity index (χ2n) is 10.0. The summed E-state index contributed by atoms with van der Waals surface area (Å²) in [5.41, 5.74) is 10.5. The Morgan fingerprint density at radius 2 is 1.93 bits per heavy atom. The summed E-state index contributed by atoms with van der Waals surface area (Å²) >= 11 is 1.33. The van der Waals surface area contributed by atoms with Gasteiger partial charge in [0.05, 0.1) is 24.4 Å². The smallest absolute Gasteiger partial charge is 0.236 e. The van der Waals surface area contributed by atoms with Crippen LogP contribution in [0.15, 0.2) is 58.0 Å². The van der Waals surface area contributed by atoms with Gasteiger partial charge in [0.2, 0.25) is 11.6 Å². The number of nitrogens with two attached hydrogens (primary N) is 1. The number of aromatic nitrogens is 2. The van der Waals surface area contributed by atoms with Crippen molar-refractivity contribution < 1.29 is 18.6 Å². The number of benzene rings is 2. The zero-order chi connectivity index (χ0) is 29.1. The van der Waals surface area contributed by atoms with Gasteiger partial charge in [-0.1, -0.05) is 42.1 Å². The van der Waals surface area contributed by atoms with E-state index < -0.39 is 5.79 Å². The van der Waals surface area contributed by atoms with E-state index in [0.717, 1.165) is 16.8 Å². The Hall–Kier alpha value is -4.35. The van der Waals surface area contributed by atoms with E-state index in [4.69, 9.17) is 35.9 Å². The lowest BCUT2D eigenvalue weighted by Crippen LogP contribution is -2.25. The first-order valence-corrected chi connectivity index (χ1v) is 14.0. The number of pyridine rings is 1. The van der Waals surface area contributed by atoms with Crippen LogP contribution in [0.25, 0.3) is 27.4 Å². The van der Waals surface area contributed by atoms with Crippen molar-refractivity contribution in [1.82, 2.24) is 9.97 Å². The van der Waals surface area contributed by atoms with Crippen molar-refractivity contribution >= 4 is 23.3 Å². The monoisotopic (exact) mass is 567 g/mol. The van der Waals surface area contributed by atoms with Crippen LogP contribution in [0.5, 0.6) is 5.75 Å². The van der Waals surface area contributed by atoms with Crippen LogP contribution < -0.4 is 10.5 Å². The Morgan fingerprint density at radius 3 is 2.59 bits per heavy atom. The van der Waals surface area contributed by atoms with Crippen molar-refractivity contribution in [2.45, 2.75) is 50.4 Å². The van der Waals surface area contributed by atoms with Crippen LogP contribution >= 0.6 is 11.8 Å². The van der Waals surface area contributed by atoms with Gasteiger partial charge in [-0.15, -0.1) is 0 Å². The Bertz CT molecular complexity index is 1670. The summed E-state index contributed by atoms with van der Waals surface area (Å²) in [4.78, 5) is 12.7. The van der Waals surface area contributed by atoms with Gasteiger partial charge in [0, 0.05) is 16.9 Å². The number of nitriles is 1. The molecule has 10 heteroatoms. The number of hydrogen-bond donors (Lipinski definition) is 1. The standard InChI is InChI=1S/C31H29N5O4S/c1-18-8-6-7-9-23(18)29-35-25(19(2)39-29)17-41-30-24(14-32)26(27(34-5)28(33)36-30)20-10-12-21(13-11-20)37-15-22-16-38-31(3,4)40-22/h6-13,22H,15-17H2,1-4H3,(H2,33,36)/t22-/m0/s1. The van der Waals surface area contributed by atoms with Gasteiger partial charge in [-0.3, -0.25) is 0 Å². The lowest BCUT2D eigenvalue weighted by atomic mass is 10.00. The highest BCUT2D eigenvalue weighted by Gasteiger charge is 2.33. The van der Waals surface area contributed by atoms with Crippen LogP contribution in [0.2, 0.25) is 0 Å². The Morgan fingerprint density at radius 1 is 1.17 bits per heavy atom. The average molecular weight is 568 g/mol. The molecule has 1 aliphatic rings. The molecule has 4 aromatic rings. The van der Waals surface area contributed by atoms with Gasteiger partial charge in [0.1, 0.15) is 41.1 Å². The highest BCUT2D eigenvalue weighted by Crippen LogP contribution is 2.42. The van der Waals surface area contributed by atoms with Crippen LogP contribution in [-0.2, 0) is 15.2 Å². The minimum Gasteiger partial charge on any atom is -0.491 e. The van der Waals surface area contributed by atoms with Crippen LogP contribution in [0, 0.1) is 31.8 Å². The Kier molecular flexibility index (Phi) is 8.00. The Balaban J connectivity index is 1.38. The topological polar surface area (TPSA) is 121 Å². The number of hydrogen-bond acceptors (Lipinski definition) is 9. The number of ether oxygens (including phenoxy) is 3. The zero-order valence-corrected chi connectivity index (χ0v) is 24.0. The highest BCUT2D eigenvalue weighted by atomic mass is 32.2. The van der Waals surface area contributed by atoms with E-state index in [9.17, 15) is 5.26 Å². The molecule has 2 N–H and O–H groups in total. The molecule has 9 nitrogen and oxygen atoms in total. The summed E-state index contributed by atoms with van der Waals surface area (Å²) in [5.74, 6) is 1.73. The largest absolute Gasteiger partial charge is 0.491 e. The van der Waals surface area contributed by atoms with E-state index in [1.54, 1.807) is 24.3 Å². The molecule has 0 saturated carbocycles. The summed E-state index contributed by atoms with van der Waals surface area (Å²) in [6.07, 6.45) is -0.163. The molecule has 1 atom stereocenters. The summed E-state index contributed by atoms with van der Waals surface area (Å²) in [6, 6.07) is 17.3. The van der Waals surface area contributed by atoms with Crippen LogP contribution in [0.1, 0.15) is 36.4 Å². The number of nitrogen functional groups attached to an aromatic ring is 1. The van der Waals surface area contributed by atoms with Crippen LogP contribution in [-0.4, -0.2) is 35.1 Å². The van der Waals surface area contributed by atoms with E-state index >= 15 is 0 Å². The number of rotatable bonds is 8. The van der Waals surface area contributed by atoms with E-state index in [-0.39, 0.29) is 23.2 Å². The highest BCUT2D eigenvalue weighted by molar-refractivity contribution is 7.98. The molecule has 0 amide bonds. The zero-order valence-electron chi connectivity index (χ0n) is 23.2. The molecule has 208 valence electrons. The molecule has 0 radical (unpaired) electrons. The normalized spacial score (nSPS) is 15.8. The molecule has 1 fully saturated rings. The molecule has 3 heterocycles. The first kappa shape index (κ1) is 28.2. The van der Waals surface area contributed by atoms with E-state index in [0.29, 0.717) is 52.5 Å². The van der Waals surface area contributed by atoms with Crippen molar-refractivity contribution in [3.8, 4) is 34.4 Å². The molecule has 2 aromatic heterocycles. The molecule has 2 aromatic carbocycles. The molecule has 1 saturated heterocycles. The molecule has 5 rings (SSSR count). The van der Waals surface area contributed by atoms with Gasteiger partial charge >= 0.3 is 0 Å².